The van der Waals surface area contributed by atoms with Crippen LogP contribution >= 0.6 is 0 Å². The summed E-state index contributed by atoms with van der Waals surface area (Å²) in [5.41, 5.74) is 0. The Kier molecular flexibility index (Phi) is 4.85. The van der Waals surface area contributed by atoms with Crippen molar-refractivity contribution in [1.82, 2.24) is 0 Å². The zero-order valence-corrected chi connectivity index (χ0v) is 17.8. The van der Waals surface area contributed by atoms with Crippen molar-refractivity contribution in [3.8, 4) is 11.5 Å². The molecule has 0 saturated heterocycles. The van der Waals surface area contributed by atoms with Crippen molar-refractivity contribution >= 4 is 27.0 Å². The Bertz CT molecular complexity index is 558. The van der Waals surface area contributed by atoms with Gasteiger partial charge >= 0.3 is 0 Å². The van der Waals surface area contributed by atoms with Gasteiger partial charge in [-0.3, -0.25) is 0 Å². The fourth-order valence-electron chi connectivity index (χ4n) is 4.23. The Balaban J connectivity index is 2.20. The van der Waals surface area contributed by atoms with Gasteiger partial charge in [0.2, 0.25) is 16.6 Å². The van der Waals surface area contributed by atoms with Crippen LogP contribution in [0.3, 0.4) is 0 Å². The second kappa shape index (κ2) is 6.48. The Morgan fingerprint density at radius 2 is 1.04 bits per heavy atom. The summed E-state index contributed by atoms with van der Waals surface area (Å²) in [6.45, 7) is 13.0. The molecular weight excluding hydrogens is 336 g/mol. The smallest absolute Gasteiger partial charge is 0.232 e. The van der Waals surface area contributed by atoms with E-state index >= 15 is 0 Å². The fourth-order valence-corrected chi connectivity index (χ4v) is 11.0. The van der Waals surface area contributed by atoms with Crippen LogP contribution in [0.2, 0.25) is 24.2 Å². The maximum absolute atomic E-state index is 6.36. The summed E-state index contributed by atoms with van der Waals surface area (Å²) in [6.07, 6.45) is -0.350. The summed E-state index contributed by atoms with van der Waals surface area (Å²) < 4.78 is 24.9. The number of hydrogen-bond donors (Lipinski definition) is 0. The van der Waals surface area contributed by atoms with Crippen molar-refractivity contribution in [1.29, 1.82) is 0 Å². The van der Waals surface area contributed by atoms with Crippen molar-refractivity contribution in [2.45, 2.75) is 78.3 Å². The van der Waals surface area contributed by atoms with Crippen LogP contribution in [0.1, 0.15) is 41.5 Å². The van der Waals surface area contributed by atoms with E-state index in [0.29, 0.717) is 0 Å². The van der Waals surface area contributed by atoms with Crippen LogP contribution in [0.15, 0.2) is 12.1 Å². The first-order valence-electron chi connectivity index (χ1n) is 9.31. The molecule has 1 aromatic rings. The topological polar surface area (TPSA) is 36.9 Å². The first kappa shape index (κ1) is 18.0. The Labute approximate surface area is 147 Å². The van der Waals surface area contributed by atoms with Gasteiger partial charge in [0.1, 0.15) is 11.5 Å². The maximum Gasteiger partial charge on any atom is 0.232 e. The van der Waals surface area contributed by atoms with Gasteiger partial charge in [-0.2, -0.15) is 0 Å². The molecule has 2 unspecified atom stereocenters. The molecule has 24 heavy (non-hydrogen) atoms. The molecule has 1 aromatic carbocycles. The molecule has 0 N–H and O–H groups in total. The van der Waals surface area contributed by atoms with Gasteiger partial charge in [0.25, 0.3) is 0 Å². The highest BCUT2D eigenvalue weighted by molar-refractivity contribution is 6.89. The highest BCUT2D eigenvalue weighted by atomic mass is 28.4. The lowest BCUT2D eigenvalue weighted by Gasteiger charge is -2.43. The van der Waals surface area contributed by atoms with Crippen molar-refractivity contribution < 1.29 is 18.3 Å². The molecule has 4 nitrogen and oxygen atoms in total. The van der Waals surface area contributed by atoms with Crippen LogP contribution in [-0.2, 0) is 8.85 Å². The zero-order valence-electron chi connectivity index (χ0n) is 15.8. The second-order valence-electron chi connectivity index (χ2n) is 6.85. The van der Waals surface area contributed by atoms with Gasteiger partial charge in [0.05, 0.1) is 0 Å². The van der Waals surface area contributed by atoms with E-state index in [2.05, 4.69) is 39.8 Å². The second-order valence-corrected chi connectivity index (χ2v) is 15.2. The van der Waals surface area contributed by atoms with Crippen molar-refractivity contribution in [2.75, 3.05) is 0 Å². The molecule has 0 aliphatic carbocycles. The zero-order chi connectivity index (χ0) is 17.5. The van der Waals surface area contributed by atoms with Crippen molar-refractivity contribution in [2.24, 2.45) is 0 Å². The molecule has 0 bridgehead atoms. The molecule has 0 saturated carbocycles. The SMILES string of the molecule is CC[Si]1(CC)OC(C)Oc2cc3c(cc21)OC(C)O[Si]3(CC)CC. The molecule has 2 aliphatic rings. The summed E-state index contributed by atoms with van der Waals surface area (Å²) >= 11 is 0. The molecule has 2 aliphatic heterocycles. The third kappa shape index (κ3) is 2.64. The molecule has 0 fully saturated rings. The Hall–Kier alpha value is -0.826. The molecule has 0 spiro atoms. The Morgan fingerprint density at radius 1 is 0.708 bits per heavy atom. The standard InChI is InChI=1S/C18H30O4Si2/c1-7-23(8-2)17-11-16-18(12-15(17)19-13(5)21-23)24(9-3,10-4)22-14(6)20-16/h11-14H,7-10H2,1-6H3. The molecule has 2 atom stereocenters. The van der Waals surface area contributed by atoms with E-state index in [-0.39, 0.29) is 12.6 Å². The number of fused-ring (bicyclic) bond motifs is 2. The van der Waals surface area contributed by atoms with Gasteiger partial charge in [0.15, 0.2) is 12.6 Å². The van der Waals surface area contributed by atoms with Gasteiger partial charge < -0.3 is 18.3 Å². The van der Waals surface area contributed by atoms with E-state index in [1.807, 2.05) is 13.8 Å². The van der Waals surface area contributed by atoms with E-state index in [1.54, 1.807) is 0 Å². The third-order valence-electron chi connectivity index (χ3n) is 5.72. The minimum atomic E-state index is -1.99. The molecule has 6 heteroatoms. The molecule has 0 aromatic heterocycles. The summed E-state index contributed by atoms with van der Waals surface area (Å²) in [7, 11) is -3.99. The normalized spacial score (nSPS) is 26.8. The van der Waals surface area contributed by atoms with Crippen LogP contribution in [0.4, 0.5) is 0 Å². The lowest BCUT2D eigenvalue weighted by molar-refractivity contribution is 0.00184. The van der Waals surface area contributed by atoms with Gasteiger partial charge in [-0.15, -0.1) is 0 Å². The van der Waals surface area contributed by atoms with Crippen LogP contribution in [-0.4, -0.2) is 29.2 Å². The van der Waals surface area contributed by atoms with Crippen LogP contribution in [0.25, 0.3) is 0 Å². The highest BCUT2D eigenvalue weighted by Gasteiger charge is 2.47. The van der Waals surface area contributed by atoms with Crippen molar-refractivity contribution in [3.63, 3.8) is 0 Å². The average Bonchev–Trinajstić information content (AvgIpc) is 2.59. The molecule has 0 radical (unpaired) electrons. The first-order chi connectivity index (χ1) is 11.4. The van der Waals surface area contributed by atoms with E-state index in [1.165, 1.54) is 10.4 Å². The van der Waals surface area contributed by atoms with Crippen molar-refractivity contribution in [3.05, 3.63) is 12.1 Å². The molecule has 2 heterocycles. The monoisotopic (exact) mass is 366 g/mol. The van der Waals surface area contributed by atoms with Gasteiger partial charge in [-0.05, 0) is 50.2 Å². The summed E-state index contributed by atoms with van der Waals surface area (Å²) in [6, 6.07) is 8.67. The molecule has 3 rings (SSSR count). The summed E-state index contributed by atoms with van der Waals surface area (Å²) in [5.74, 6) is 2.01. The maximum atomic E-state index is 6.36. The quantitative estimate of drug-likeness (QED) is 0.763. The minimum Gasteiger partial charge on any atom is -0.466 e. The Morgan fingerprint density at radius 3 is 1.33 bits per heavy atom. The summed E-state index contributed by atoms with van der Waals surface area (Å²) in [5, 5.41) is 2.52. The van der Waals surface area contributed by atoms with Gasteiger partial charge in [0, 0.05) is 10.4 Å². The molecule has 0 amide bonds. The third-order valence-corrected chi connectivity index (χ3v) is 14.6. The number of hydrogen-bond acceptors (Lipinski definition) is 4. The fraction of sp³-hybridized carbons (Fsp3) is 0.667. The van der Waals surface area contributed by atoms with Crippen LogP contribution in [0, 0.1) is 0 Å². The lowest BCUT2D eigenvalue weighted by Crippen LogP contribution is -2.60. The molecular formula is C18H30O4Si2. The van der Waals surface area contributed by atoms with Gasteiger partial charge in [-0.25, -0.2) is 0 Å². The van der Waals surface area contributed by atoms with E-state index in [0.717, 1.165) is 35.7 Å². The highest BCUT2D eigenvalue weighted by Crippen LogP contribution is 2.35. The largest absolute Gasteiger partial charge is 0.466 e. The van der Waals surface area contributed by atoms with Crippen LogP contribution in [0.5, 0.6) is 11.5 Å². The minimum absolute atomic E-state index is 0.175. The number of benzene rings is 1. The lowest BCUT2D eigenvalue weighted by atomic mass is 10.3. The van der Waals surface area contributed by atoms with E-state index in [9.17, 15) is 0 Å². The predicted molar refractivity (Wildman–Crippen MR) is 101 cm³/mol. The number of rotatable bonds is 4. The van der Waals surface area contributed by atoms with E-state index in [4.69, 9.17) is 18.3 Å². The van der Waals surface area contributed by atoms with E-state index < -0.39 is 16.6 Å². The van der Waals surface area contributed by atoms with Gasteiger partial charge in [-0.1, -0.05) is 27.7 Å². The summed E-state index contributed by atoms with van der Waals surface area (Å²) in [4.78, 5) is 0. The van der Waals surface area contributed by atoms with Crippen LogP contribution < -0.4 is 19.8 Å². The first-order valence-corrected chi connectivity index (χ1v) is 14.0. The average molecular weight is 367 g/mol. The number of ether oxygens (including phenoxy) is 2. The molecule has 134 valence electrons. The predicted octanol–water partition coefficient (Wildman–Crippen LogP) is 3.58.